The summed E-state index contributed by atoms with van der Waals surface area (Å²) in [6.07, 6.45) is -0.807. The molecule has 0 saturated heterocycles. The predicted octanol–water partition coefficient (Wildman–Crippen LogP) is 5.06. The number of carbonyl (C=O) groups excluding carboxylic acids is 1. The molecule has 1 amide bonds. The van der Waals surface area contributed by atoms with Crippen LogP contribution in [0.25, 0.3) is 0 Å². The van der Waals surface area contributed by atoms with Crippen LogP contribution < -0.4 is 10.1 Å². The van der Waals surface area contributed by atoms with E-state index >= 15 is 0 Å². The molecule has 7 heteroatoms. The van der Waals surface area contributed by atoms with Gasteiger partial charge in [-0.3, -0.25) is 4.79 Å². The molecule has 2 aromatic carbocycles. The van der Waals surface area contributed by atoms with E-state index in [1.165, 1.54) is 6.07 Å². The SMILES string of the molecule is CC(Oc1cccc(Cl)c1)C(=O)Nc1ccccc1SC(F)F. The maximum absolute atomic E-state index is 12.5. The smallest absolute Gasteiger partial charge is 0.288 e. The zero-order valence-corrected chi connectivity index (χ0v) is 13.7. The van der Waals surface area contributed by atoms with Crippen LogP contribution in [0.5, 0.6) is 5.75 Å². The van der Waals surface area contributed by atoms with E-state index in [0.717, 1.165) is 0 Å². The first kappa shape index (κ1) is 17.6. The van der Waals surface area contributed by atoms with Crippen molar-refractivity contribution in [3.63, 3.8) is 0 Å². The van der Waals surface area contributed by atoms with Gasteiger partial charge < -0.3 is 10.1 Å². The van der Waals surface area contributed by atoms with Crippen LogP contribution in [0, 0.1) is 0 Å². The van der Waals surface area contributed by atoms with E-state index in [2.05, 4.69) is 5.32 Å². The van der Waals surface area contributed by atoms with E-state index in [1.807, 2.05) is 0 Å². The number of para-hydroxylation sites is 1. The van der Waals surface area contributed by atoms with Gasteiger partial charge in [-0.05, 0) is 37.3 Å². The summed E-state index contributed by atoms with van der Waals surface area (Å²) in [5, 5.41) is 3.09. The van der Waals surface area contributed by atoms with Crippen molar-refractivity contribution in [2.45, 2.75) is 23.7 Å². The van der Waals surface area contributed by atoms with Gasteiger partial charge in [0.25, 0.3) is 11.7 Å². The molecule has 0 aliphatic heterocycles. The Morgan fingerprint density at radius 1 is 1.22 bits per heavy atom. The molecule has 23 heavy (non-hydrogen) atoms. The lowest BCUT2D eigenvalue weighted by Crippen LogP contribution is -2.30. The molecule has 2 aromatic rings. The number of hydrogen-bond acceptors (Lipinski definition) is 3. The average Bonchev–Trinajstić information content (AvgIpc) is 2.48. The molecule has 0 aromatic heterocycles. The molecule has 0 saturated carbocycles. The van der Waals surface area contributed by atoms with E-state index < -0.39 is 17.8 Å². The van der Waals surface area contributed by atoms with Crippen LogP contribution >= 0.6 is 23.4 Å². The maximum Gasteiger partial charge on any atom is 0.288 e. The quantitative estimate of drug-likeness (QED) is 0.734. The third kappa shape index (κ3) is 5.41. The summed E-state index contributed by atoms with van der Waals surface area (Å²) < 4.78 is 30.6. The van der Waals surface area contributed by atoms with Gasteiger partial charge in [-0.1, -0.05) is 41.6 Å². The topological polar surface area (TPSA) is 38.3 Å². The Balaban J connectivity index is 2.04. The minimum Gasteiger partial charge on any atom is -0.481 e. The number of amides is 1. The van der Waals surface area contributed by atoms with Crippen LogP contribution in [0.4, 0.5) is 14.5 Å². The molecule has 1 N–H and O–H groups in total. The average molecular weight is 358 g/mol. The standard InChI is InChI=1S/C16H14ClF2NO2S/c1-10(22-12-6-4-5-11(17)9-12)15(21)20-13-7-2-3-8-14(13)23-16(18)19/h2-10,16H,1H3,(H,20,21). The number of anilines is 1. The molecule has 1 atom stereocenters. The van der Waals surface area contributed by atoms with Gasteiger partial charge in [-0.2, -0.15) is 8.78 Å². The van der Waals surface area contributed by atoms with Crippen LogP contribution in [-0.4, -0.2) is 17.8 Å². The van der Waals surface area contributed by atoms with Crippen molar-refractivity contribution in [1.29, 1.82) is 0 Å². The first-order valence-corrected chi connectivity index (χ1v) is 7.98. The van der Waals surface area contributed by atoms with Crippen LogP contribution in [0.1, 0.15) is 6.92 Å². The van der Waals surface area contributed by atoms with Crippen LogP contribution in [0.3, 0.4) is 0 Å². The zero-order chi connectivity index (χ0) is 16.8. The van der Waals surface area contributed by atoms with Crippen molar-refractivity contribution < 1.29 is 18.3 Å². The second-order valence-electron chi connectivity index (χ2n) is 4.58. The molecule has 0 heterocycles. The highest BCUT2D eigenvalue weighted by atomic mass is 35.5. The summed E-state index contributed by atoms with van der Waals surface area (Å²) >= 11 is 6.23. The number of alkyl halides is 2. The summed E-state index contributed by atoms with van der Waals surface area (Å²) in [5.74, 6) is -2.55. The Hall–Kier alpha value is -1.79. The predicted molar refractivity (Wildman–Crippen MR) is 88.5 cm³/mol. The highest BCUT2D eigenvalue weighted by Crippen LogP contribution is 2.31. The van der Waals surface area contributed by atoms with Gasteiger partial charge in [0, 0.05) is 9.92 Å². The number of carbonyl (C=O) groups is 1. The molecule has 2 rings (SSSR count). The van der Waals surface area contributed by atoms with E-state index in [-0.39, 0.29) is 0 Å². The Labute approximate surface area is 142 Å². The van der Waals surface area contributed by atoms with E-state index in [9.17, 15) is 13.6 Å². The molecule has 0 fully saturated rings. The summed E-state index contributed by atoms with van der Waals surface area (Å²) in [4.78, 5) is 12.5. The fourth-order valence-electron chi connectivity index (χ4n) is 1.80. The van der Waals surface area contributed by atoms with Crippen molar-refractivity contribution >= 4 is 35.0 Å². The van der Waals surface area contributed by atoms with Gasteiger partial charge in [0.15, 0.2) is 6.10 Å². The second-order valence-corrected chi connectivity index (χ2v) is 6.05. The summed E-state index contributed by atoms with van der Waals surface area (Å²) in [5.41, 5.74) is 0.323. The van der Waals surface area contributed by atoms with Gasteiger partial charge in [-0.15, -0.1) is 0 Å². The van der Waals surface area contributed by atoms with Crippen molar-refractivity contribution in [1.82, 2.24) is 0 Å². The van der Waals surface area contributed by atoms with Gasteiger partial charge in [0.05, 0.1) is 5.69 Å². The molecule has 0 aliphatic carbocycles. The third-order valence-corrected chi connectivity index (χ3v) is 3.86. The molecule has 0 aliphatic rings. The van der Waals surface area contributed by atoms with Crippen LogP contribution in [0.2, 0.25) is 5.02 Å². The summed E-state index contributed by atoms with van der Waals surface area (Å²) in [7, 11) is 0. The second kappa shape index (κ2) is 8.17. The van der Waals surface area contributed by atoms with E-state index in [4.69, 9.17) is 16.3 Å². The number of nitrogens with one attached hydrogen (secondary N) is 1. The highest BCUT2D eigenvalue weighted by molar-refractivity contribution is 7.99. The maximum atomic E-state index is 12.5. The van der Waals surface area contributed by atoms with Crippen molar-refractivity contribution in [2.75, 3.05) is 5.32 Å². The van der Waals surface area contributed by atoms with Gasteiger partial charge in [-0.25, -0.2) is 0 Å². The monoisotopic (exact) mass is 357 g/mol. The Kier molecular flexibility index (Phi) is 6.24. The Morgan fingerprint density at radius 3 is 2.65 bits per heavy atom. The molecule has 0 spiro atoms. The molecule has 0 bridgehead atoms. The minimum atomic E-state index is -2.56. The third-order valence-electron chi connectivity index (χ3n) is 2.84. The highest BCUT2D eigenvalue weighted by Gasteiger charge is 2.17. The zero-order valence-electron chi connectivity index (χ0n) is 12.1. The van der Waals surface area contributed by atoms with Crippen LogP contribution in [-0.2, 0) is 4.79 Å². The van der Waals surface area contributed by atoms with Gasteiger partial charge in [0.2, 0.25) is 0 Å². The number of ether oxygens (including phenoxy) is 1. The van der Waals surface area contributed by atoms with Crippen molar-refractivity contribution in [2.24, 2.45) is 0 Å². The Morgan fingerprint density at radius 2 is 1.96 bits per heavy atom. The van der Waals surface area contributed by atoms with Crippen molar-refractivity contribution in [3.05, 3.63) is 53.6 Å². The lowest BCUT2D eigenvalue weighted by molar-refractivity contribution is -0.122. The first-order chi connectivity index (χ1) is 11.0. The number of benzene rings is 2. The fourth-order valence-corrected chi connectivity index (χ4v) is 2.58. The molecule has 3 nitrogen and oxygen atoms in total. The van der Waals surface area contributed by atoms with Crippen molar-refractivity contribution in [3.8, 4) is 5.75 Å². The first-order valence-electron chi connectivity index (χ1n) is 6.72. The molecule has 0 radical (unpaired) electrons. The number of rotatable bonds is 6. The molecule has 122 valence electrons. The number of halogens is 3. The van der Waals surface area contributed by atoms with Gasteiger partial charge >= 0.3 is 0 Å². The molecule has 1 unspecified atom stereocenters. The molecular weight excluding hydrogens is 344 g/mol. The lowest BCUT2D eigenvalue weighted by Gasteiger charge is -2.16. The van der Waals surface area contributed by atoms with E-state index in [0.29, 0.717) is 33.1 Å². The normalized spacial score (nSPS) is 12.0. The largest absolute Gasteiger partial charge is 0.481 e. The molecular formula is C16H14ClF2NO2S. The fraction of sp³-hybridized carbons (Fsp3) is 0.188. The number of hydrogen-bond donors (Lipinski definition) is 1. The van der Waals surface area contributed by atoms with Gasteiger partial charge in [0.1, 0.15) is 5.75 Å². The van der Waals surface area contributed by atoms with Crippen LogP contribution in [0.15, 0.2) is 53.4 Å². The van der Waals surface area contributed by atoms with E-state index in [1.54, 1.807) is 49.4 Å². The number of thioether (sulfide) groups is 1. The summed E-state index contributed by atoms with van der Waals surface area (Å²) in [6, 6.07) is 13.0. The summed E-state index contributed by atoms with van der Waals surface area (Å²) in [6.45, 7) is 1.57. The Bertz CT molecular complexity index is 685. The minimum absolute atomic E-state index is 0.297. The lowest BCUT2D eigenvalue weighted by atomic mass is 10.3.